The van der Waals surface area contributed by atoms with E-state index >= 15 is 0 Å². The number of nitrogens with two attached hydrogens (primary N) is 2. The van der Waals surface area contributed by atoms with Crippen LogP contribution in [0.4, 0.5) is 0 Å². The van der Waals surface area contributed by atoms with Crippen LogP contribution >= 0.6 is 0 Å². The van der Waals surface area contributed by atoms with Crippen molar-refractivity contribution in [1.82, 2.24) is 0 Å². The van der Waals surface area contributed by atoms with Crippen LogP contribution in [0.25, 0.3) is 11.6 Å². The van der Waals surface area contributed by atoms with Crippen LogP contribution in [0.5, 0.6) is 0 Å². The molecule has 0 saturated heterocycles. The van der Waals surface area contributed by atoms with Gasteiger partial charge in [0.25, 0.3) is 0 Å². The third-order valence-electron chi connectivity index (χ3n) is 5.56. The van der Waals surface area contributed by atoms with Crippen molar-refractivity contribution in [2.45, 2.75) is 51.0 Å². The van der Waals surface area contributed by atoms with Crippen molar-refractivity contribution >= 4 is 17.6 Å². The Labute approximate surface area is 173 Å². The molecule has 1 aliphatic rings. The molecule has 2 aromatic rings. The largest absolute Gasteiger partial charge is 0.464 e. The van der Waals surface area contributed by atoms with Gasteiger partial charge in [-0.3, -0.25) is 4.79 Å². The molecule has 3 rings (SSSR count). The summed E-state index contributed by atoms with van der Waals surface area (Å²) in [6.07, 6.45) is 9.87. The van der Waals surface area contributed by atoms with Crippen molar-refractivity contribution in [1.29, 1.82) is 0 Å². The van der Waals surface area contributed by atoms with Gasteiger partial charge in [0.05, 0.1) is 6.61 Å². The van der Waals surface area contributed by atoms with E-state index in [-0.39, 0.29) is 6.54 Å². The third-order valence-corrected chi connectivity index (χ3v) is 5.56. The van der Waals surface area contributed by atoms with Gasteiger partial charge in [0.2, 0.25) is 0 Å². The minimum absolute atomic E-state index is 0.126. The molecular weight excluding hydrogens is 360 g/mol. The summed E-state index contributed by atoms with van der Waals surface area (Å²) in [5, 5.41) is 0. The van der Waals surface area contributed by atoms with Crippen LogP contribution in [0.1, 0.15) is 54.4 Å². The standard InChI is InChI=1S/C25H32N2O2/c26-18-24(27)25(28)29-16-7-2-1-4-11-20-12-8-13-21-14-15-22(17-23(20)21)19-9-5-3-6-10-19/h3,5-6,8-10,12-13,17,24H,1-2,4,7,11,14-16,18,26-27H2. The molecule has 0 radical (unpaired) electrons. The highest BCUT2D eigenvalue weighted by Gasteiger charge is 2.15. The molecule has 4 nitrogen and oxygen atoms in total. The summed E-state index contributed by atoms with van der Waals surface area (Å²) in [6, 6.07) is 16.7. The molecule has 4 N–H and O–H groups in total. The van der Waals surface area contributed by atoms with E-state index in [1.165, 1.54) is 27.8 Å². The second-order valence-electron chi connectivity index (χ2n) is 7.70. The van der Waals surface area contributed by atoms with E-state index in [1.807, 2.05) is 0 Å². The molecule has 0 amide bonds. The second-order valence-corrected chi connectivity index (χ2v) is 7.70. The maximum absolute atomic E-state index is 11.5. The molecule has 1 unspecified atom stereocenters. The molecule has 0 fully saturated rings. The molecule has 29 heavy (non-hydrogen) atoms. The molecule has 0 saturated carbocycles. The Morgan fingerprint density at radius 3 is 2.55 bits per heavy atom. The number of carbonyl (C=O) groups is 1. The van der Waals surface area contributed by atoms with Gasteiger partial charge >= 0.3 is 5.97 Å². The van der Waals surface area contributed by atoms with E-state index in [2.05, 4.69) is 54.6 Å². The number of hydrogen-bond donors (Lipinski definition) is 2. The van der Waals surface area contributed by atoms with Crippen LogP contribution in [-0.4, -0.2) is 25.2 Å². The van der Waals surface area contributed by atoms with Crippen molar-refractivity contribution in [2.24, 2.45) is 11.5 Å². The number of allylic oxidation sites excluding steroid dienone is 1. The van der Waals surface area contributed by atoms with Gasteiger partial charge in [0, 0.05) is 6.54 Å². The minimum Gasteiger partial charge on any atom is -0.464 e. The fraction of sp³-hybridized carbons (Fsp3) is 0.400. The minimum atomic E-state index is -0.701. The lowest BCUT2D eigenvalue weighted by molar-refractivity contribution is -0.145. The van der Waals surface area contributed by atoms with E-state index in [1.54, 1.807) is 0 Å². The fourth-order valence-electron chi connectivity index (χ4n) is 3.83. The molecule has 0 aromatic heterocycles. The number of fused-ring (bicyclic) bond motifs is 1. The normalized spacial score (nSPS) is 14.1. The molecule has 1 aliphatic carbocycles. The van der Waals surface area contributed by atoms with Gasteiger partial charge < -0.3 is 16.2 Å². The zero-order valence-electron chi connectivity index (χ0n) is 17.1. The lowest BCUT2D eigenvalue weighted by atomic mass is 9.85. The van der Waals surface area contributed by atoms with Gasteiger partial charge in [-0.1, -0.05) is 67.4 Å². The van der Waals surface area contributed by atoms with Crippen molar-refractivity contribution in [3.8, 4) is 0 Å². The molecule has 0 aliphatic heterocycles. The van der Waals surface area contributed by atoms with Crippen molar-refractivity contribution in [2.75, 3.05) is 13.2 Å². The Morgan fingerprint density at radius 1 is 0.966 bits per heavy atom. The van der Waals surface area contributed by atoms with E-state index in [0.717, 1.165) is 44.9 Å². The van der Waals surface area contributed by atoms with Crippen molar-refractivity contribution < 1.29 is 9.53 Å². The van der Waals surface area contributed by atoms with Gasteiger partial charge in [-0.2, -0.15) is 0 Å². The number of hydrogen-bond acceptors (Lipinski definition) is 4. The first-order chi connectivity index (χ1) is 14.2. The smallest absolute Gasteiger partial charge is 0.324 e. The van der Waals surface area contributed by atoms with E-state index in [9.17, 15) is 4.79 Å². The monoisotopic (exact) mass is 392 g/mol. The molecule has 1 atom stereocenters. The first-order valence-electron chi connectivity index (χ1n) is 10.7. The van der Waals surface area contributed by atoms with Gasteiger partial charge in [-0.15, -0.1) is 0 Å². The highest BCUT2D eigenvalue weighted by Crippen LogP contribution is 2.32. The SMILES string of the molecule is NCC(N)C(=O)OCCCCCCc1cccc2c1C=C(c1ccccc1)CC2. The first-order valence-corrected chi connectivity index (χ1v) is 10.7. The molecule has 0 spiro atoms. The summed E-state index contributed by atoms with van der Waals surface area (Å²) in [5.41, 5.74) is 18.0. The predicted octanol–water partition coefficient (Wildman–Crippen LogP) is 4.11. The molecule has 4 heteroatoms. The van der Waals surface area contributed by atoms with Crippen LogP contribution in [0.2, 0.25) is 0 Å². The number of aryl methyl sites for hydroxylation is 2. The highest BCUT2D eigenvalue weighted by atomic mass is 16.5. The van der Waals surface area contributed by atoms with Crippen molar-refractivity contribution in [3.05, 3.63) is 70.8 Å². The van der Waals surface area contributed by atoms with Crippen LogP contribution < -0.4 is 11.5 Å². The van der Waals surface area contributed by atoms with Gasteiger partial charge in [0.15, 0.2) is 0 Å². The number of esters is 1. The lowest BCUT2D eigenvalue weighted by Gasteiger charge is -2.20. The fourth-order valence-corrected chi connectivity index (χ4v) is 3.83. The molecule has 0 heterocycles. The average molecular weight is 393 g/mol. The summed E-state index contributed by atoms with van der Waals surface area (Å²) >= 11 is 0. The van der Waals surface area contributed by atoms with Gasteiger partial charge in [-0.25, -0.2) is 0 Å². The predicted molar refractivity (Wildman–Crippen MR) is 119 cm³/mol. The Balaban J connectivity index is 1.48. The Hall–Kier alpha value is -2.43. The molecular formula is C25H32N2O2. The summed E-state index contributed by atoms with van der Waals surface area (Å²) in [7, 11) is 0. The maximum Gasteiger partial charge on any atom is 0.324 e. The number of benzene rings is 2. The topological polar surface area (TPSA) is 78.3 Å². The lowest BCUT2D eigenvalue weighted by Crippen LogP contribution is -2.39. The van der Waals surface area contributed by atoms with Crippen LogP contribution in [0.15, 0.2) is 48.5 Å². The quantitative estimate of drug-likeness (QED) is 0.471. The summed E-state index contributed by atoms with van der Waals surface area (Å²) in [5.74, 6) is -0.399. The van der Waals surface area contributed by atoms with E-state index in [0.29, 0.717) is 6.61 Å². The molecule has 154 valence electrons. The summed E-state index contributed by atoms with van der Waals surface area (Å²) < 4.78 is 5.14. The number of unbranched alkanes of at least 4 members (excludes halogenated alkanes) is 3. The van der Waals surface area contributed by atoms with E-state index in [4.69, 9.17) is 16.2 Å². The Bertz CT molecular complexity index is 830. The maximum atomic E-state index is 11.5. The average Bonchev–Trinajstić information content (AvgIpc) is 2.78. The number of ether oxygens (including phenoxy) is 1. The second kappa shape index (κ2) is 10.9. The third kappa shape index (κ3) is 6.02. The first kappa shape index (κ1) is 21.3. The molecule has 2 aromatic carbocycles. The zero-order chi connectivity index (χ0) is 20.5. The number of carbonyl (C=O) groups excluding carboxylic acids is 1. The van der Waals surface area contributed by atoms with Crippen LogP contribution in [0, 0.1) is 0 Å². The van der Waals surface area contributed by atoms with Crippen LogP contribution in [0.3, 0.4) is 0 Å². The Kier molecular flexibility index (Phi) is 8.03. The zero-order valence-corrected chi connectivity index (χ0v) is 17.1. The molecule has 0 bridgehead atoms. The van der Waals surface area contributed by atoms with Crippen molar-refractivity contribution in [3.63, 3.8) is 0 Å². The summed E-state index contributed by atoms with van der Waals surface area (Å²) in [6.45, 7) is 0.553. The Morgan fingerprint density at radius 2 is 1.76 bits per heavy atom. The van der Waals surface area contributed by atoms with Gasteiger partial charge in [0.1, 0.15) is 6.04 Å². The van der Waals surface area contributed by atoms with Gasteiger partial charge in [-0.05, 0) is 59.9 Å². The van der Waals surface area contributed by atoms with Crippen LogP contribution in [-0.2, 0) is 22.4 Å². The number of rotatable bonds is 10. The summed E-state index contributed by atoms with van der Waals surface area (Å²) in [4.78, 5) is 11.5. The van der Waals surface area contributed by atoms with E-state index < -0.39 is 12.0 Å². The highest BCUT2D eigenvalue weighted by molar-refractivity contribution is 5.85.